The summed E-state index contributed by atoms with van der Waals surface area (Å²) >= 11 is 0. The molecule has 0 spiro atoms. The van der Waals surface area contributed by atoms with Gasteiger partial charge in [0.05, 0.1) is 35.5 Å². The van der Waals surface area contributed by atoms with Gasteiger partial charge in [-0.2, -0.15) is 14.9 Å². The van der Waals surface area contributed by atoms with Crippen molar-refractivity contribution in [3.63, 3.8) is 0 Å². The van der Waals surface area contributed by atoms with Gasteiger partial charge in [0.25, 0.3) is 5.56 Å². The molecule has 0 saturated carbocycles. The highest BCUT2D eigenvalue weighted by Gasteiger charge is 2.38. The summed E-state index contributed by atoms with van der Waals surface area (Å²) in [6.07, 6.45) is 0. The van der Waals surface area contributed by atoms with Gasteiger partial charge >= 0.3 is 5.97 Å². The van der Waals surface area contributed by atoms with Gasteiger partial charge in [-0.15, -0.1) is 0 Å². The van der Waals surface area contributed by atoms with Gasteiger partial charge in [-0.05, 0) is 37.6 Å². The fraction of sp³-hybridized carbons (Fsp3) is 0.286. The Morgan fingerprint density at radius 3 is 2.65 bits per heavy atom. The van der Waals surface area contributed by atoms with Crippen LogP contribution in [0.25, 0.3) is 28.2 Å². The number of carbonyl (C=O) groups is 1. The number of para-hydroxylation sites is 1. The molecule has 0 amide bonds. The summed E-state index contributed by atoms with van der Waals surface area (Å²) in [6.45, 7) is 5.91. The van der Waals surface area contributed by atoms with Gasteiger partial charge < -0.3 is 15.2 Å². The largest absolute Gasteiger partial charge is 0.465 e. The van der Waals surface area contributed by atoms with E-state index in [4.69, 9.17) is 14.9 Å². The Labute approximate surface area is 214 Å². The lowest BCUT2D eigenvalue weighted by Crippen LogP contribution is -2.46. The Kier molecular flexibility index (Phi) is 6.39. The van der Waals surface area contributed by atoms with E-state index in [0.717, 1.165) is 28.1 Å². The second-order valence-corrected chi connectivity index (χ2v) is 9.65. The van der Waals surface area contributed by atoms with E-state index < -0.39 is 11.4 Å². The van der Waals surface area contributed by atoms with Gasteiger partial charge in [-0.25, -0.2) is 4.68 Å². The normalized spacial score (nSPS) is 16.6. The Morgan fingerprint density at radius 2 is 1.92 bits per heavy atom. The van der Waals surface area contributed by atoms with Crippen LogP contribution in [0.15, 0.2) is 65.5 Å². The number of hydrogen-bond acceptors (Lipinski definition) is 7. The molecule has 0 aliphatic carbocycles. The Hall–Kier alpha value is -4.24. The van der Waals surface area contributed by atoms with E-state index in [0.29, 0.717) is 30.2 Å². The Balaban J connectivity index is 1.68. The number of aliphatic hydroxyl groups excluding tert-OH is 1. The Morgan fingerprint density at radius 1 is 1.11 bits per heavy atom. The van der Waals surface area contributed by atoms with E-state index in [1.807, 2.05) is 62.4 Å². The molecule has 1 unspecified atom stereocenters. The third-order valence-corrected chi connectivity index (χ3v) is 6.68. The standard InChI is InChI=1S/C28H29N5O4/c1-18-7-6-9-21(13-18)26-25(22-11-12-24(36)33(30-22)23-10-5-4-8-19(23)2)27-29-14-28(16-34,15-32(27)31-26)17-37-20(3)35/h4-13,29,34H,14-17H2,1-3H3. The number of carbonyl (C=O) groups excluding carboxylic acids is 1. The molecule has 2 aromatic heterocycles. The molecule has 37 heavy (non-hydrogen) atoms. The van der Waals surface area contributed by atoms with Crippen LogP contribution in [0.4, 0.5) is 5.82 Å². The molecule has 9 heteroatoms. The minimum absolute atomic E-state index is 0.0661. The number of benzene rings is 2. The molecular formula is C28H29N5O4. The molecule has 3 heterocycles. The lowest BCUT2D eigenvalue weighted by molar-refractivity contribution is -0.145. The first-order valence-corrected chi connectivity index (χ1v) is 12.1. The van der Waals surface area contributed by atoms with E-state index in [9.17, 15) is 14.7 Å². The number of aryl methyl sites for hydroxylation is 2. The van der Waals surface area contributed by atoms with Crippen LogP contribution >= 0.6 is 0 Å². The van der Waals surface area contributed by atoms with Gasteiger partial charge in [-0.3, -0.25) is 9.59 Å². The third kappa shape index (κ3) is 4.65. The first-order valence-electron chi connectivity index (χ1n) is 12.1. The monoisotopic (exact) mass is 499 g/mol. The fourth-order valence-corrected chi connectivity index (χ4v) is 4.66. The van der Waals surface area contributed by atoms with Crippen molar-refractivity contribution in [2.75, 3.05) is 25.1 Å². The molecule has 0 saturated heterocycles. The summed E-state index contributed by atoms with van der Waals surface area (Å²) in [7, 11) is 0. The highest BCUT2D eigenvalue weighted by molar-refractivity contribution is 5.87. The molecule has 190 valence electrons. The molecule has 1 atom stereocenters. The average molecular weight is 500 g/mol. The van der Waals surface area contributed by atoms with E-state index in [1.54, 1.807) is 10.7 Å². The van der Waals surface area contributed by atoms with Crippen LogP contribution in [0.2, 0.25) is 0 Å². The molecular weight excluding hydrogens is 470 g/mol. The first-order chi connectivity index (χ1) is 17.8. The molecule has 5 rings (SSSR count). The van der Waals surface area contributed by atoms with E-state index >= 15 is 0 Å². The molecule has 4 aromatic rings. The molecule has 0 bridgehead atoms. The summed E-state index contributed by atoms with van der Waals surface area (Å²) in [6, 6.07) is 18.9. The Bertz CT molecular complexity index is 1540. The van der Waals surface area contributed by atoms with Gasteiger partial charge in [-0.1, -0.05) is 42.0 Å². The maximum atomic E-state index is 12.8. The molecule has 9 nitrogen and oxygen atoms in total. The van der Waals surface area contributed by atoms with Crippen molar-refractivity contribution in [2.24, 2.45) is 5.41 Å². The predicted octanol–water partition coefficient (Wildman–Crippen LogP) is 3.35. The van der Waals surface area contributed by atoms with Crippen molar-refractivity contribution in [1.29, 1.82) is 0 Å². The highest BCUT2D eigenvalue weighted by Crippen LogP contribution is 2.41. The van der Waals surface area contributed by atoms with Crippen LogP contribution < -0.4 is 10.9 Å². The zero-order chi connectivity index (χ0) is 26.2. The minimum atomic E-state index is -0.723. The van der Waals surface area contributed by atoms with E-state index in [-0.39, 0.29) is 18.8 Å². The maximum absolute atomic E-state index is 12.8. The van der Waals surface area contributed by atoms with Crippen molar-refractivity contribution in [2.45, 2.75) is 27.3 Å². The van der Waals surface area contributed by atoms with Gasteiger partial charge in [0.1, 0.15) is 18.1 Å². The van der Waals surface area contributed by atoms with Crippen molar-refractivity contribution in [3.8, 4) is 28.2 Å². The van der Waals surface area contributed by atoms with Crippen LogP contribution in [-0.4, -0.2) is 50.4 Å². The zero-order valence-corrected chi connectivity index (χ0v) is 21.1. The van der Waals surface area contributed by atoms with Gasteiger partial charge in [0.15, 0.2) is 0 Å². The molecule has 0 fully saturated rings. The van der Waals surface area contributed by atoms with Crippen molar-refractivity contribution >= 4 is 11.8 Å². The first kappa shape index (κ1) is 24.5. The number of fused-ring (bicyclic) bond motifs is 1. The van der Waals surface area contributed by atoms with Crippen molar-refractivity contribution < 1.29 is 14.6 Å². The average Bonchev–Trinajstić information content (AvgIpc) is 3.27. The second kappa shape index (κ2) is 9.67. The van der Waals surface area contributed by atoms with E-state index in [1.165, 1.54) is 17.7 Å². The number of aromatic nitrogens is 4. The number of hydrogen-bond donors (Lipinski definition) is 2. The van der Waals surface area contributed by atoms with Crippen LogP contribution in [0.3, 0.4) is 0 Å². The van der Waals surface area contributed by atoms with Crippen molar-refractivity contribution in [1.82, 2.24) is 19.6 Å². The highest BCUT2D eigenvalue weighted by atomic mass is 16.5. The number of anilines is 1. The van der Waals surface area contributed by atoms with E-state index in [2.05, 4.69) is 5.32 Å². The second-order valence-electron chi connectivity index (χ2n) is 9.65. The molecule has 2 aromatic carbocycles. The number of aliphatic hydroxyl groups is 1. The molecule has 0 radical (unpaired) electrons. The molecule has 1 aliphatic heterocycles. The van der Waals surface area contributed by atoms with Crippen LogP contribution in [-0.2, 0) is 16.1 Å². The van der Waals surface area contributed by atoms with Gasteiger partial charge in [0.2, 0.25) is 0 Å². The molecule has 2 N–H and O–H groups in total. The SMILES string of the molecule is CC(=O)OCC1(CO)CNc2c(-c3ccc(=O)n(-c4ccccc4C)n3)c(-c3cccc(C)c3)nn2C1. The quantitative estimate of drug-likeness (QED) is 0.392. The molecule has 1 aliphatic rings. The summed E-state index contributed by atoms with van der Waals surface area (Å²) in [4.78, 5) is 24.3. The zero-order valence-electron chi connectivity index (χ0n) is 21.1. The van der Waals surface area contributed by atoms with Crippen LogP contribution in [0, 0.1) is 19.3 Å². The number of nitrogens with zero attached hydrogens (tertiary/aromatic N) is 4. The maximum Gasteiger partial charge on any atom is 0.302 e. The topological polar surface area (TPSA) is 111 Å². The lowest BCUT2D eigenvalue weighted by atomic mass is 9.88. The summed E-state index contributed by atoms with van der Waals surface area (Å²) < 4.78 is 8.48. The van der Waals surface area contributed by atoms with Crippen LogP contribution in [0.5, 0.6) is 0 Å². The predicted molar refractivity (Wildman–Crippen MR) is 141 cm³/mol. The van der Waals surface area contributed by atoms with Crippen LogP contribution in [0.1, 0.15) is 18.1 Å². The van der Waals surface area contributed by atoms with Crippen molar-refractivity contribution in [3.05, 3.63) is 82.1 Å². The fourth-order valence-electron chi connectivity index (χ4n) is 4.66. The smallest absolute Gasteiger partial charge is 0.302 e. The third-order valence-electron chi connectivity index (χ3n) is 6.68. The summed E-state index contributed by atoms with van der Waals surface area (Å²) in [5, 5.41) is 23.3. The number of esters is 1. The number of ether oxygens (including phenoxy) is 1. The number of nitrogens with one attached hydrogen (secondary N) is 1. The minimum Gasteiger partial charge on any atom is -0.465 e. The summed E-state index contributed by atoms with van der Waals surface area (Å²) in [5.74, 6) is 0.328. The number of rotatable bonds is 6. The summed E-state index contributed by atoms with van der Waals surface area (Å²) in [5.41, 5.74) is 4.72. The lowest BCUT2D eigenvalue weighted by Gasteiger charge is -2.36. The van der Waals surface area contributed by atoms with Gasteiger partial charge in [0, 0.05) is 25.1 Å².